The summed E-state index contributed by atoms with van der Waals surface area (Å²) in [6.45, 7) is 3.29. The maximum atomic E-state index is 4.84. The molecule has 1 saturated carbocycles. The van der Waals surface area contributed by atoms with Crippen LogP contribution in [0.1, 0.15) is 69.8 Å². The van der Waals surface area contributed by atoms with Crippen LogP contribution in [0.4, 0.5) is 11.5 Å². The third-order valence-corrected chi connectivity index (χ3v) is 4.62. The molecule has 4 nitrogen and oxygen atoms in total. The zero-order valence-corrected chi connectivity index (χ0v) is 13.2. The summed E-state index contributed by atoms with van der Waals surface area (Å²) in [5.74, 6) is 2.10. The molecule has 1 aromatic rings. The van der Waals surface area contributed by atoms with Gasteiger partial charge in [-0.1, -0.05) is 32.6 Å². The molecule has 0 bridgehead atoms. The van der Waals surface area contributed by atoms with E-state index in [1.54, 1.807) is 0 Å². The molecule has 3 rings (SSSR count). The van der Waals surface area contributed by atoms with Gasteiger partial charge in [0.05, 0.1) is 11.4 Å². The van der Waals surface area contributed by atoms with Crippen molar-refractivity contribution < 1.29 is 0 Å². The van der Waals surface area contributed by atoms with Crippen LogP contribution in [0.2, 0.25) is 0 Å². The summed E-state index contributed by atoms with van der Waals surface area (Å²) in [6.07, 6.45) is 12.3. The van der Waals surface area contributed by atoms with Crippen molar-refractivity contribution in [3.05, 3.63) is 11.5 Å². The molecule has 1 aliphatic heterocycles. The van der Waals surface area contributed by atoms with E-state index < -0.39 is 0 Å². The second-order valence-electron chi connectivity index (χ2n) is 6.42. The molecule has 2 aliphatic rings. The highest BCUT2D eigenvalue weighted by molar-refractivity contribution is 5.68. The largest absolute Gasteiger partial charge is 0.381 e. The Bertz CT molecular complexity index is 466. The van der Waals surface area contributed by atoms with Gasteiger partial charge >= 0.3 is 0 Å². The monoisotopic (exact) mass is 288 g/mol. The Hall–Kier alpha value is -1.32. The summed E-state index contributed by atoms with van der Waals surface area (Å²) in [5, 5.41) is 7.20. The van der Waals surface area contributed by atoms with Gasteiger partial charge in [0, 0.05) is 19.0 Å². The highest BCUT2D eigenvalue weighted by Crippen LogP contribution is 2.30. The maximum absolute atomic E-state index is 4.84. The molecule has 4 heteroatoms. The van der Waals surface area contributed by atoms with Crippen LogP contribution in [0.5, 0.6) is 0 Å². The van der Waals surface area contributed by atoms with E-state index in [4.69, 9.17) is 9.97 Å². The first-order chi connectivity index (χ1) is 10.4. The van der Waals surface area contributed by atoms with Crippen molar-refractivity contribution in [3.63, 3.8) is 0 Å². The van der Waals surface area contributed by atoms with Crippen LogP contribution in [0.3, 0.4) is 0 Å². The minimum absolute atomic E-state index is 0.608. The first kappa shape index (κ1) is 14.6. The number of rotatable bonds is 6. The van der Waals surface area contributed by atoms with Gasteiger partial charge in [-0.25, -0.2) is 9.97 Å². The normalized spacial score (nSPS) is 18.3. The maximum Gasteiger partial charge on any atom is 0.153 e. The molecule has 2 heterocycles. The third kappa shape index (κ3) is 3.66. The topological polar surface area (TPSA) is 49.8 Å². The predicted octanol–water partition coefficient (Wildman–Crippen LogP) is 3.92. The molecule has 0 amide bonds. The van der Waals surface area contributed by atoms with E-state index in [9.17, 15) is 0 Å². The molecular weight excluding hydrogens is 260 g/mol. The van der Waals surface area contributed by atoms with E-state index in [1.807, 2.05) is 0 Å². The Morgan fingerprint density at radius 3 is 2.81 bits per heavy atom. The summed E-state index contributed by atoms with van der Waals surface area (Å²) >= 11 is 0. The summed E-state index contributed by atoms with van der Waals surface area (Å²) in [7, 11) is 0. The van der Waals surface area contributed by atoms with Crippen molar-refractivity contribution in [3.8, 4) is 0 Å². The molecular formula is C17H28N4. The molecule has 2 N–H and O–H groups in total. The van der Waals surface area contributed by atoms with Crippen LogP contribution in [0, 0.1) is 0 Å². The Morgan fingerprint density at radius 1 is 1.14 bits per heavy atom. The van der Waals surface area contributed by atoms with Crippen molar-refractivity contribution in [2.24, 2.45) is 0 Å². The number of nitrogens with one attached hydrogen (secondary N) is 2. The second kappa shape index (κ2) is 7.10. The van der Waals surface area contributed by atoms with Crippen molar-refractivity contribution in [1.29, 1.82) is 0 Å². The molecule has 21 heavy (non-hydrogen) atoms. The highest BCUT2D eigenvalue weighted by Gasteiger charge is 2.21. The van der Waals surface area contributed by atoms with Gasteiger partial charge in [0.25, 0.3) is 0 Å². The quantitative estimate of drug-likeness (QED) is 0.779. The van der Waals surface area contributed by atoms with E-state index in [0.29, 0.717) is 6.04 Å². The number of hydrogen-bond donors (Lipinski definition) is 2. The number of fused-ring (bicyclic) bond motifs is 1. The van der Waals surface area contributed by atoms with E-state index in [1.165, 1.54) is 62.7 Å². The first-order valence-corrected chi connectivity index (χ1v) is 8.77. The van der Waals surface area contributed by atoms with E-state index >= 15 is 0 Å². The lowest BCUT2D eigenvalue weighted by Gasteiger charge is -2.23. The fourth-order valence-electron chi connectivity index (χ4n) is 3.41. The average Bonchev–Trinajstić information content (AvgIpc) is 3.01. The predicted molar refractivity (Wildman–Crippen MR) is 88.0 cm³/mol. The molecule has 0 spiro atoms. The minimum atomic E-state index is 0.608. The van der Waals surface area contributed by atoms with Crippen LogP contribution >= 0.6 is 0 Å². The summed E-state index contributed by atoms with van der Waals surface area (Å²) in [5.41, 5.74) is 2.40. The Morgan fingerprint density at radius 2 is 2.00 bits per heavy atom. The van der Waals surface area contributed by atoms with Gasteiger partial charge in [0.1, 0.15) is 5.82 Å². The lowest BCUT2D eigenvalue weighted by Crippen LogP contribution is -2.22. The van der Waals surface area contributed by atoms with Crippen molar-refractivity contribution in [2.45, 2.75) is 77.2 Å². The zero-order chi connectivity index (χ0) is 14.5. The Kier molecular flexibility index (Phi) is 4.94. The van der Waals surface area contributed by atoms with Crippen LogP contribution in [0.15, 0.2) is 0 Å². The number of hydrogen-bond acceptors (Lipinski definition) is 4. The SMILES string of the molecule is CCCCCc1nc2c(c(NC3CCCC3)n1)NCCC2. The first-order valence-electron chi connectivity index (χ1n) is 8.77. The minimum Gasteiger partial charge on any atom is -0.381 e. The average molecular weight is 288 g/mol. The number of aromatic nitrogens is 2. The Labute approximate surface area is 128 Å². The van der Waals surface area contributed by atoms with Gasteiger partial charge in [-0.15, -0.1) is 0 Å². The standard InChI is InChI=1S/C17H28N4/c1-2-3-4-11-15-20-14-10-7-12-18-16(14)17(21-15)19-13-8-5-6-9-13/h13,18H,2-12H2,1H3,(H,19,20,21). The van der Waals surface area contributed by atoms with Gasteiger partial charge < -0.3 is 10.6 Å². The molecule has 116 valence electrons. The van der Waals surface area contributed by atoms with Crippen molar-refractivity contribution >= 4 is 11.5 Å². The molecule has 0 saturated heterocycles. The van der Waals surface area contributed by atoms with Gasteiger partial charge in [0.2, 0.25) is 0 Å². The molecule has 1 fully saturated rings. The van der Waals surface area contributed by atoms with Crippen molar-refractivity contribution in [2.75, 3.05) is 17.2 Å². The molecule has 0 unspecified atom stereocenters. The fourth-order valence-corrected chi connectivity index (χ4v) is 3.41. The van der Waals surface area contributed by atoms with Gasteiger partial charge in [-0.2, -0.15) is 0 Å². The summed E-state index contributed by atoms with van der Waals surface area (Å²) in [6, 6.07) is 0.608. The molecule has 0 radical (unpaired) electrons. The van der Waals surface area contributed by atoms with E-state index in [-0.39, 0.29) is 0 Å². The number of unbranched alkanes of at least 4 members (excludes halogenated alkanes) is 2. The number of aryl methyl sites for hydroxylation is 2. The van der Waals surface area contributed by atoms with Crippen LogP contribution < -0.4 is 10.6 Å². The second-order valence-corrected chi connectivity index (χ2v) is 6.42. The molecule has 0 atom stereocenters. The number of anilines is 2. The summed E-state index contributed by atoms with van der Waals surface area (Å²) in [4.78, 5) is 9.64. The lowest BCUT2D eigenvalue weighted by molar-refractivity contribution is 0.680. The van der Waals surface area contributed by atoms with Crippen molar-refractivity contribution in [1.82, 2.24) is 9.97 Å². The summed E-state index contributed by atoms with van der Waals surface area (Å²) < 4.78 is 0. The van der Waals surface area contributed by atoms with E-state index in [0.717, 1.165) is 31.0 Å². The number of nitrogens with zero attached hydrogens (tertiary/aromatic N) is 2. The van der Waals surface area contributed by atoms with E-state index in [2.05, 4.69) is 17.6 Å². The highest BCUT2D eigenvalue weighted by atomic mass is 15.1. The van der Waals surface area contributed by atoms with Crippen LogP contribution in [0.25, 0.3) is 0 Å². The fraction of sp³-hybridized carbons (Fsp3) is 0.765. The van der Waals surface area contributed by atoms with Gasteiger partial charge in [-0.05, 0) is 32.1 Å². The smallest absolute Gasteiger partial charge is 0.153 e. The lowest BCUT2D eigenvalue weighted by atomic mass is 10.1. The Balaban J connectivity index is 1.78. The molecule has 1 aromatic heterocycles. The molecule has 0 aromatic carbocycles. The van der Waals surface area contributed by atoms with Crippen LogP contribution in [-0.2, 0) is 12.8 Å². The zero-order valence-electron chi connectivity index (χ0n) is 13.2. The van der Waals surface area contributed by atoms with Gasteiger partial charge in [0.15, 0.2) is 5.82 Å². The van der Waals surface area contributed by atoms with Crippen LogP contribution in [-0.4, -0.2) is 22.6 Å². The molecule has 1 aliphatic carbocycles. The van der Waals surface area contributed by atoms with Gasteiger partial charge in [-0.3, -0.25) is 0 Å². The third-order valence-electron chi connectivity index (χ3n) is 4.62.